The lowest BCUT2D eigenvalue weighted by atomic mass is 9.89. The van der Waals surface area contributed by atoms with E-state index < -0.39 is 17.9 Å². The van der Waals surface area contributed by atoms with Crippen LogP contribution in [0.15, 0.2) is 0 Å². The summed E-state index contributed by atoms with van der Waals surface area (Å²) >= 11 is 0. The van der Waals surface area contributed by atoms with Crippen LogP contribution in [0.5, 0.6) is 0 Å². The summed E-state index contributed by atoms with van der Waals surface area (Å²) in [6.07, 6.45) is -2.69. The number of carbonyl (C=O) groups excluding carboxylic acids is 1. The maximum atomic E-state index is 12.6. The number of halogens is 3. The van der Waals surface area contributed by atoms with Gasteiger partial charge in [-0.1, -0.05) is 0 Å². The summed E-state index contributed by atoms with van der Waals surface area (Å²) in [4.78, 5) is 13.4. The average molecular weight is 221 g/mol. The first-order valence-corrected chi connectivity index (χ1v) is 5.21. The third-order valence-electron chi connectivity index (χ3n) is 3.71. The molecular weight excluding hydrogens is 207 g/mol. The van der Waals surface area contributed by atoms with Crippen LogP contribution in [0.3, 0.4) is 0 Å². The summed E-state index contributed by atoms with van der Waals surface area (Å²) in [5.74, 6) is -2.35. The van der Waals surface area contributed by atoms with Gasteiger partial charge in [-0.3, -0.25) is 9.69 Å². The van der Waals surface area contributed by atoms with Gasteiger partial charge in [-0.25, -0.2) is 0 Å². The van der Waals surface area contributed by atoms with E-state index in [9.17, 15) is 18.0 Å². The number of fused-ring (bicyclic) bond motifs is 2. The van der Waals surface area contributed by atoms with Crippen molar-refractivity contribution in [3.63, 3.8) is 0 Å². The van der Waals surface area contributed by atoms with Crippen LogP contribution >= 0.6 is 0 Å². The van der Waals surface area contributed by atoms with Crippen molar-refractivity contribution < 1.29 is 18.0 Å². The first-order valence-electron chi connectivity index (χ1n) is 5.21. The van der Waals surface area contributed by atoms with Gasteiger partial charge in [0, 0.05) is 18.5 Å². The molecular formula is C10H14F3NO. The van der Waals surface area contributed by atoms with Gasteiger partial charge < -0.3 is 0 Å². The van der Waals surface area contributed by atoms with Crippen molar-refractivity contribution in [2.24, 2.45) is 5.92 Å². The number of ketones is 1. The van der Waals surface area contributed by atoms with Gasteiger partial charge >= 0.3 is 6.18 Å². The van der Waals surface area contributed by atoms with Gasteiger partial charge in [0.2, 0.25) is 0 Å². The number of alkyl halides is 3. The summed E-state index contributed by atoms with van der Waals surface area (Å²) in [6.45, 7) is 0. The molecule has 0 saturated carbocycles. The van der Waals surface area contributed by atoms with Gasteiger partial charge in [0.15, 0.2) is 0 Å². The Balaban J connectivity index is 2.20. The SMILES string of the molecule is CN1C2CCC1CC(C(F)(F)F)C(=O)C2. The fourth-order valence-corrected chi connectivity index (χ4v) is 2.71. The quantitative estimate of drug-likeness (QED) is 0.623. The lowest BCUT2D eigenvalue weighted by Crippen LogP contribution is -2.34. The topological polar surface area (TPSA) is 20.3 Å². The van der Waals surface area contributed by atoms with Crippen LogP contribution in [0.4, 0.5) is 13.2 Å². The highest BCUT2D eigenvalue weighted by atomic mass is 19.4. The second-order valence-electron chi connectivity index (χ2n) is 4.55. The standard InChI is InChI=1S/C10H14F3NO/c1-14-6-2-3-7(14)5-9(15)8(4-6)10(11,12)13/h6-8H,2-5H2,1H3. The molecule has 15 heavy (non-hydrogen) atoms. The van der Waals surface area contributed by atoms with E-state index in [1.54, 1.807) is 0 Å². The molecule has 2 saturated heterocycles. The minimum atomic E-state index is -4.36. The largest absolute Gasteiger partial charge is 0.398 e. The van der Waals surface area contributed by atoms with E-state index in [2.05, 4.69) is 0 Å². The molecule has 2 aliphatic rings. The molecule has 0 amide bonds. The molecule has 0 radical (unpaired) electrons. The van der Waals surface area contributed by atoms with Crippen LogP contribution in [-0.2, 0) is 4.79 Å². The third kappa shape index (κ3) is 1.89. The van der Waals surface area contributed by atoms with Gasteiger partial charge in [-0.15, -0.1) is 0 Å². The molecule has 2 rings (SSSR count). The average Bonchev–Trinajstić information content (AvgIpc) is 2.33. The van der Waals surface area contributed by atoms with E-state index in [4.69, 9.17) is 0 Å². The fourth-order valence-electron chi connectivity index (χ4n) is 2.71. The van der Waals surface area contributed by atoms with Gasteiger partial charge in [-0.2, -0.15) is 13.2 Å². The van der Waals surface area contributed by atoms with Crippen LogP contribution in [0, 0.1) is 5.92 Å². The van der Waals surface area contributed by atoms with Crippen LogP contribution in [0.25, 0.3) is 0 Å². The molecule has 2 nitrogen and oxygen atoms in total. The molecule has 0 N–H and O–H groups in total. The van der Waals surface area contributed by atoms with Crippen molar-refractivity contribution in [2.45, 2.75) is 43.9 Å². The molecule has 2 fully saturated rings. The lowest BCUT2D eigenvalue weighted by molar-refractivity contribution is -0.183. The fraction of sp³-hybridized carbons (Fsp3) is 0.900. The van der Waals surface area contributed by atoms with E-state index in [0.29, 0.717) is 0 Å². The Kier molecular flexibility index (Phi) is 2.53. The molecule has 86 valence electrons. The van der Waals surface area contributed by atoms with Crippen molar-refractivity contribution in [3.8, 4) is 0 Å². The van der Waals surface area contributed by atoms with Crippen molar-refractivity contribution in [3.05, 3.63) is 0 Å². The molecule has 2 heterocycles. The summed E-state index contributed by atoms with van der Waals surface area (Å²) in [6, 6.07) is -0.0251. The van der Waals surface area contributed by atoms with Crippen molar-refractivity contribution in [2.75, 3.05) is 7.05 Å². The lowest BCUT2D eigenvalue weighted by Gasteiger charge is -2.23. The molecule has 2 bridgehead atoms. The molecule has 0 aliphatic carbocycles. The van der Waals surface area contributed by atoms with Crippen LogP contribution in [0.2, 0.25) is 0 Å². The van der Waals surface area contributed by atoms with Crippen LogP contribution in [0.1, 0.15) is 25.7 Å². The molecule has 2 aliphatic heterocycles. The van der Waals surface area contributed by atoms with E-state index in [1.807, 2.05) is 11.9 Å². The normalized spacial score (nSPS) is 38.1. The second kappa shape index (κ2) is 3.47. The summed E-state index contributed by atoms with van der Waals surface area (Å²) in [7, 11) is 1.83. The Morgan fingerprint density at radius 1 is 1.27 bits per heavy atom. The van der Waals surface area contributed by atoms with Crippen molar-refractivity contribution in [1.29, 1.82) is 0 Å². The highest BCUT2D eigenvalue weighted by Crippen LogP contribution is 2.40. The first-order chi connectivity index (χ1) is 6.89. The third-order valence-corrected chi connectivity index (χ3v) is 3.71. The molecule has 0 spiro atoms. The highest BCUT2D eigenvalue weighted by Gasteiger charge is 2.50. The zero-order chi connectivity index (χ0) is 11.2. The number of hydrogen-bond acceptors (Lipinski definition) is 2. The van der Waals surface area contributed by atoms with Crippen molar-refractivity contribution in [1.82, 2.24) is 4.90 Å². The number of hydrogen-bond donors (Lipinski definition) is 0. The van der Waals surface area contributed by atoms with Crippen molar-refractivity contribution >= 4 is 5.78 Å². The minimum absolute atomic E-state index is 0.0369. The minimum Gasteiger partial charge on any atom is -0.300 e. The predicted octanol–water partition coefficient (Wildman–Crippen LogP) is 1.99. The van der Waals surface area contributed by atoms with E-state index in [0.717, 1.165) is 12.8 Å². The number of nitrogens with zero attached hydrogens (tertiary/aromatic N) is 1. The van der Waals surface area contributed by atoms with E-state index in [1.165, 1.54) is 0 Å². The Morgan fingerprint density at radius 3 is 2.47 bits per heavy atom. The molecule has 0 aromatic rings. The van der Waals surface area contributed by atoms with Gasteiger partial charge in [0.05, 0.1) is 0 Å². The maximum Gasteiger partial charge on any atom is 0.398 e. The second-order valence-corrected chi connectivity index (χ2v) is 4.55. The number of rotatable bonds is 0. The Bertz CT molecular complexity index is 276. The van der Waals surface area contributed by atoms with Crippen LogP contribution < -0.4 is 0 Å². The van der Waals surface area contributed by atoms with Gasteiger partial charge in [-0.05, 0) is 26.3 Å². The molecule has 3 atom stereocenters. The monoisotopic (exact) mass is 221 g/mol. The summed E-state index contributed by atoms with van der Waals surface area (Å²) in [5, 5.41) is 0. The summed E-state index contributed by atoms with van der Waals surface area (Å²) < 4.78 is 37.8. The molecule has 3 unspecified atom stereocenters. The molecule has 0 aromatic heterocycles. The van der Waals surface area contributed by atoms with E-state index in [-0.39, 0.29) is 24.9 Å². The predicted molar refractivity (Wildman–Crippen MR) is 48.4 cm³/mol. The van der Waals surface area contributed by atoms with Crippen LogP contribution in [-0.4, -0.2) is 36.0 Å². The highest BCUT2D eigenvalue weighted by molar-refractivity contribution is 5.82. The molecule has 5 heteroatoms. The smallest absolute Gasteiger partial charge is 0.300 e. The molecule has 0 aromatic carbocycles. The zero-order valence-corrected chi connectivity index (χ0v) is 8.55. The maximum absolute atomic E-state index is 12.6. The first kappa shape index (κ1) is 10.9. The number of Topliss-reactive ketones (excluding diaryl/α,β-unsaturated/α-hetero) is 1. The van der Waals surface area contributed by atoms with E-state index >= 15 is 0 Å². The zero-order valence-electron chi connectivity index (χ0n) is 8.55. The summed E-state index contributed by atoms with van der Waals surface area (Å²) in [5.41, 5.74) is 0. The Labute approximate surface area is 86.4 Å². The Morgan fingerprint density at radius 2 is 1.87 bits per heavy atom. The van der Waals surface area contributed by atoms with Gasteiger partial charge in [0.1, 0.15) is 11.7 Å². The van der Waals surface area contributed by atoms with Gasteiger partial charge in [0.25, 0.3) is 0 Å². The Hall–Kier alpha value is -0.580. The number of carbonyl (C=O) groups is 1.